The van der Waals surface area contributed by atoms with Crippen LogP contribution >= 0.6 is 0 Å². The fourth-order valence-electron chi connectivity index (χ4n) is 2.29. The van der Waals surface area contributed by atoms with Crippen LogP contribution in [0.5, 0.6) is 0 Å². The van der Waals surface area contributed by atoms with Gasteiger partial charge in [-0.05, 0) is 12.5 Å². The average molecular weight is 234 g/mol. The quantitative estimate of drug-likeness (QED) is 0.820. The highest BCUT2D eigenvalue weighted by atomic mass is 16.4. The summed E-state index contributed by atoms with van der Waals surface area (Å²) < 4.78 is 0. The maximum absolute atomic E-state index is 11.4. The molecule has 0 radical (unpaired) electrons. The van der Waals surface area contributed by atoms with E-state index in [0.717, 1.165) is 37.3 Å². The SMILES string of the molecule is Cc1cccc(C(C(=O)O)N2CCNCC2)c1. The first-order valence-corrected chi connectivity index (χ1v) is 5.92. The zero-order valence-electron chi connectivity index (χ0n) is 10.0. The number of carboxylic acid groups (broad SMARTS) is 1. The number of piperazine rings is 1. The predicted octanol–water partition coefficient (Wildman–Crippen LogP) is 1.03. The molecule has 2 rings (SSSR count). The smallest absolute Gasteiger partial charge is 0.325 e. The number of carboxylic acids is 1. The van der Waals surface area contributed by atoms with Gasteiger partial charge in [-0.3, -0.25) is 9.69 Å². The van der Waals surface area contributed by atoms with E-state index in [2.05, 4.69) is 5.32 Å². The molecule has 1 aromatic rings. The van der Waals surface area contributed by atoms with Crippen LogP contribution in [0.15, 0.2) is 24.3 Å². The van der Waals surface area contributed by atoms with Crippen molar-refractivity contribution in [3.05, 3.63) is 35.4 Å². The molecule has 1 atom stereocenters. The maximum atomic E-state index is 11.4. The van der Waals surface area contributed by atoms with Gasteiger partial charge in [0.25, 0.3) is 0 Å². The van der Waals surface area contributed by atoms with Gasteiger partial charge >= 0.3 is 5.97 Å². The lowest BCUT2D eigenvalue weighted by atomic mass is 10.0. The molecular formula is C13H18N2O2. The van der Waals surface area contributed by atoms with Crippen LogP contribution in [-0.2, 0) is 4.79 Å². The number of nitrogens with one attached hydrogen (secondary N) is 1. The number of hydrogen-bond donors (Lipinski definition) is 2. The Bertz CT molecular complexity index is 400. The van der Waals surface area contributed by atoms with Crippen LogP contribution in [0.2, 0.25) is 0 Å². The lowest BCUT2D eigenvalue weighted by Gasteiger charge is -2.32. The topological polar surface area (TPSA) is 52.6 Å². The van der Waals surface area contributed by atoms with Gasteiger partial charge in [0, 0.05) is 26.2 Å². The van der Waals surface area contributed by atoms with Gasteiger partial charge < -0.3 is 10.4 Å². The normalized spacial score (nSPS) is 18.9. The number of nitrogens with zero attached hydrogens (tertiary/aromatic N) is 1. The van der Waals surface area contributed by atoms with Crippen molar-refractivity contribution < 1.29 is 9.90 Å². The monoisotopic (exact) mass is 234 g/mol. The van der Waals surface area contributed by atoms with E-state index in [9.17, 15) is 9.90 Å². The molecule has 1 aromatic carbocycles. The molecule has 0 saturated carbocycles. The average Bonchev–Trinajstić information content (AvgIpc) is 2.30. The second-order valence-corrected chi connectivity index (χ2v) is 4.44. The minimum absolute atomic E-state index is 0.517. The zero-order chi connectivity index (χ0) is 12.3. The maximum Gasteiger partial charge on any atom is 0.325 e. The van der Waals surface area contributed by atoms with E-state index in [1.165, 1.54) is 0 Å². The Kier molecular flexibility index (Phi) is 3.76. The van der Waals surface area contributed by atoms with E-state index < -0.39 is 12.0 Å². The Labute approximate surface area is 101 Å². The molecule has 1 unspecified atom stereocenters. The predicted molar refractivity (Wildman–Crippen MR) is 66.0 cm³/mol. The molecule has 0 spiro atoms. The summed E-state index contributed by atoms with van der Waals surface area (Å²) in [5, 5.41) is 12.6. The molecule has 0 bridgehead atoms. The second kappa shape index (κ2) is 5.29. The largest absolute Gasteiger partial charge is 0.480 e. The summed E-state index contributed by atoms with van der Waals surface area (Å²) in [6.07, 6.45) is 0. The van der Waals surface area contributed by atoms with E-state index in [1.807, 2.05) is 36.1 Å². The summed E-state index contributed by atoms with van der Waals surface area (Å²) >= 11 is 0. The van der Waals surface area contributed by atoms with Crippen LogP contribution in [0.25, 0.3) is 0 Å². The molecule has 4 nitrogen and oxygen atoms in total. The molecule has 1 aliphatic rings. The molecule has 0 aliphatic carbocycles. The molecule has 4 heteroatoms. The highest BCUT2D eigenvalue weighted by Gasteiger charge is 2.28. The van der Waals surface area contributed by atoms with Crippen LogP contribution in [0.3, 0.4) is 0 Å². The molecule has 17 heavy (non-hydrogen) atoms. The summed E-state index contributed by atoms with van der Waals surface area (Å²) in [4.78, 5) is 13.5. The van der Waals surface area contributed by atoms with Crippen LogP contribution in [-0.4, -0.2) is 42.2 Å². The molecule has 1 aliphatic heterocycles. The van der Waals surface area contributed by atoms with Crippen molar-refractivity contribution in [2.45, 2.75) is 13.0 Å². The molecule has 2 N–H and O–H groups in total. The van der Waals surface area contributed by atoms with Crippen molar-refractivity contribution in [3.8, 4) is 0 Å². The van der Waals surface area contributed by atoms with E-state index in [1.54, 1.807) is 0 Å². The van der Waals surface area contributed by atoms with Crippen molar-refractivity contribution in [2.75, 3.05) is 26.2 Å². The van der Waals surface area contributed by atoms with Gasteiger partial charge in [-0.1, -0.05) is 29.8 Å². The zero-order valence-corrected chi connectivity index (χ0v) is 10.0. The third-order valence-electron chi connectivity index (χ3n) is 3.11. The number of benzene rings is 1. The molecule has 0 aromatic heterocycles. The van der Waals surface area contributed by atoms with Gasteiger partial charge in [0.05, 0.1) is 0 Å². The Morgan fingerprint density at radius 1 is 1.41 bits per heavy atom. The third kappa shape index (κ3) is 2.84. The van der Waals surface area contributed by atoms with E-state index >= 15 is 0 Å². The van der Waals surface area contributed by atoms with Gasteiger partial charge in [0.1, 0.15) is 6.04 Å². The number of aryl methyl sites for hydroxylation is 1. The Morgan fingerprint density at radius 3 is 2.71 bits per heavy atom. The van der Waals surface area contributed by atoms with Gasteiger partial charge in [0.2, 0.25) is 0 Å². The summed E-state index contributed by atoms with van der Waals surface area (Å²) in [6, 6.07) is 7.24. The van der Waals surface area contributed by atoms with Crippen LogP contribution in [0, 0.1) is 6.92 Å². The summed E-state index contributed by atoms with van der Waals surface area (Å²) in [6.45, 7) is 5.27. The molecule has 1 heterocycles. The molecule has 1 fully saturated rings. The van der Waals surface area contributed by atoms with E-state index in [4.69, 9.17) is 0 Å². The van der Waals surface area contributed by atoms with Gasteiger partial charge in [-0.25, -0.2) is 0 Å². The molecular weight excluding hydrogens is 216 g/mol. The highest BCUT2D eigenvalue weighted by molar-refractivity contribution is 5.75. The minimum Gasteiger partial charge on any atom is -0.480 e. The fourth-order valence-corrected chi connectivity index (χ4v) is 2.29. The van der Waals surface area contributed by atoms with Gasteiger partial charge in [-0.2, -0.15) is 0 Å². The van der Waals surface area contributed by atoms with Crippen LogP contribution in [0.1, 0.15) is 17.2 Å². The Hall–Kier alpha value is -1.39. The van der Waals surface area contributed by atoms with Crippen molar-refractivity contribution >= 4 is 5.97 Å². The summed E-state index contributed by atoms with van der Waals surface area (Å²) in [5.74, 6) is -0.766. The molecule has 1 saturated heterocycles. The number of carbonyl (C=O) groups is 1. The lowest BCUT2D eigenvalue weighted by molar-refractivity contribution is -0.143. The van der Waals surface area contributed by atoms with Crippen molar-refractivity contribution in [1.29, 1.82) is 0 Å². The Morgan fingerprint density at radius 2 is 2.12 bits per heavy atom. The fraction of sp³-hybridized carbons (Fsp3) is 0.462. The first-order valence-electron chi connectivity index (χ1n) is 5.92. The van der Waals surface area contributed by atoms with Crippen molar-refractivity contribution in [3.63, 3.8) is 0 Å². The van der Waals surface area contributed by atoms with Crippen LogP contribution < -0.4 is 5.32 Å². The minimum atomic E-state index is -0.766. The van der Waals surface area contributed by atoms with Crippen LogP contribution in [0.4, 0.5) is 0 Å². The molecule has 0 amide bonds. The van der Waals surface area contributed by atoms with Gasteiger partial charge in [-0.15, -0.1) is 0 Å². The first kappa shape index (κ1) is 12.1. The first-order chi connectivity index (χ1) is 8.18. The van der Waals surface area contributed by atoms with Crippen molar-refractivity contribution in [1.82, 2.24) is 10.2 Å². The standard InChI is InChI=1S/C13H18N2O2/c1-10-3-2-4-11(9-10)12(13(16)17)15-7-5-14-6-8-15/h2-4,9,12,14H,5-8H2,1H3,(H,16,17). The Balaban J connectivity index is 2.25. The number of hydrogen-bond acceptors (Lipinski definition) is 3. The number of rotatable bonds is 3. The molecule has 92 valence electrons. The summed E-state index contributed by atoms with van der Waals surface area (Å²) in [5.41, 5.74) is 1.98. The van der Waals surface area contributed by atoms with Gasteiger partial charge in [0.15, 0.2) is 0 Å². The third-order valence-corrected chi connectivity index (χ3v) is 3.11. The van der Waals surface area contributed by atoms with Crippen molar-refractivity contribution in [2.24, 2.45) is 0 Å². The highest BCUT2D eigenvalue weighted by Crippen LogP contribution is 2.22. The van der Waals surface area contributed by atoms with E-state index in [0.29, 0.717) is 0 Å². The number of aliphatic carboxylic acids is 1. The van der Waals surface area contributed by atoms with E-state index in [-0.39, 0.29) is 0 Å². The summed E-state index contributed by atoms with van der Waals surface area (Å²) in [7, 11) is 0. The lowest BCUT2D eigenvalue weighted by Crippen LogP contribution is -2.47. The second-order valence-electron chi connectivity index (χ2n) is 4.44.